The molecule has 0 N–H and O–H groups in total. The monoisotopic (exact) mass is 77.0 g/mol. The lowest BCUT2D eigenvalue weighted by atomic mass is 11.9. The molecule has 26 valence electrons. The Balaban J connectivity index is 2.80. The van der Waals surface area contributed by atoms with Crippen LogP contribution in [0.25, 0.3) is 0 Å². The summed E-state index contributed by atoms with van der Waals surface area (Å²) in [5.41, 5.74) is 0. The molecule has 1 nitrogen and oxygen atoms in total. The van der Waals surface area contributed by atoms with E-state index in [4.69, 9.17) is 0 Å². The highest BCUT2D eigenvalue weighted by atomic mass is 32.2. The SMILES string of the molecule is [CH2-][S@@](C)=O. The van der Waals surface area contributed by atoms with Crippen LogP contribution in [0.2, 0.25) is 0 Å². The van der Waals surface area contributed by atoms with Crippen LogP contribution < -0.4 is 0 Å². The van der Waals surface area contributed by atoms with E-state index in [1.165, 1.54) is 6.26 Å². The Bertz CT molecular complexity index is 29.0. The second kappa shape index (κ2) is 1.47. The molecule has 0 aromatic heterocycles. The summed E-state index contributed by atoms with van der Waals surface area (Å²) in [5, 5.41) is 0. The molecule has 0 aliphatic carbocycles. The van der Waals surface area contributed by atoms with Crippen LogP contribution in [-0.2, 0) is 10.8 Å². The van der Waals surface area contributed by atoms with Gasteiger partial charge >= 0.3 is 0 Å². The van der Waals surface area contributed by atoms with Gasteiger partial charge in [-0.25, -0.2) is 0 Å². The summed E-state index contributed by atoms with van der Waals surface area (Å²) in [6, 6.07) is 0. The average molecular weight is 77.1 g/mol. The second-order valence-electron chi connectivity index (χ2n) is 0.573. The topological polar surface area (TPSA) is 17.1 Å². The molecule has 0 aromatic carbocycles. The van der Waals surface area contributed by atoms with Crippen molar-refractivity contribution in [2.24, 2.45) is 0 Å². The highest BCUT2D eigenvalue weighted by Crippen LogP contribution is 1.53. The third-order valence-corrected chi connectivity index (χ3v) is 0. The molecule has 0 aromatic rings. The predicted octanol–water partition coefficient (Wildman–Crippen LogP) is 0.156. The van der Waals surface area contributed by atoms with Crippen molar-refractivity contribution in [1.29, 1.82) is 0 Å². The zero-order valence-electron chi connectivity index (χ0n) is 2.52. The summed E-state index contributed by atoms with van der Waals surface area (Å²) in [6.45, 7) is 0. The van der Waals surface area contributed by atoms with E-state index >= 15 is 0 Å². The zero-order valence-corrected chi connectivity index (χ0v) is 3.34. The van der Waals surface area contributed by atoms with E-state index in [9.17, 15) is 4.21 Å². The molecule has 0 amide bonds. The molecule has 0 radical (unpaired) electrons. The number of hydrogen-bond acceptors (Lipinski definition) is 1. The van der Waals surface area contributed by atoms with Gasteiger partial charge in [-0.05, 0) is 6.26 Å². The second-order valence-corrected chi connectivity index (χ2v) is 1.72. The largest absolute Gasteiger partial charge is 0.295 e. The third-order valence-electron chi connectivity index (χ3n) is 0. The first-order valence-electron chi connectivity index (χ1n) is 0.864. The fraction of sp³-hybridized carbons (Fsp3) is 0.500. The molecule has 1 atom stereocenters. The lowest BCUT2D eigenvalue weighted by Crippen LogP contribution is -1.65. The van der Waals surface area contributed by atoms with Crippen molar-refractivity contribution in [2.45, 2.75) is 0 Å². The van der Waals surface area contributed by atoms with Crippen molar-refractivity contribution in [1.82, 2.24) is 0 Å². The molecule has 0 unspecified atom stereocenters. The van der Waals surface area contributed by atoms with Gasteiger partial charge in [0, 0.05) is 0 Å². The standard InChI is InChI=1S/C2H5OS/c1-4(2)3/h1H2,2H3/q-1/t4-/m0/s1. The van der Waals surface area contributed by atoms with E-state index in [2.05, 4.69) is 6.26 Å². The Morgan fingerprint density at radius 3 is 2.00 bits per heavy atom. The summed E-state index contributed by atoms with van der Waals surface area (Å²) in [5.74, 6) is 0. The average Bonchev–Trinajstić information content (AvgIpc) is 0.811. The molecule has 0 saturated carbocycles. The van der Waals surface area contributed by atoms with Crippen molar-refractivity contribution >= 4 is 10.8 Å². The van der Waals surface area contributed by atoms with Gasteiger partial charge in [-0.3, -0.25) is 10.5 Å². The molecule has 0 saturated heterocycles. The molecule has 0 aliphatic heterocycles. The summed E-state index contributed by atoms with van der Waals surface area (Å²) < 4.78 is 9.44. The van der Waals surface area contributed by atoms with Gasteiger partial charge in [0.25, 0.3) is 0 Å². The van der Waals surface area contributed by atoms with Crippen LogP contribution in [0.15, 0.2) is 0 Å². The fourth-order valence-electron chi connectivity index (χ4n) is 0. The molecule has 4 heavy (non-hydrogen) atoms. The summed E-state index contributed by atoms with van der Waals surface area (Å²) in [7, 11) is -0.861. The van der Waals surface area contributed by atoms with Crippen LogP contribution in [0.3, 0.4) is 0 Å². The van der Waals surface area contributed by atoms with Crippen LogP contribution in [-0.4, -0.2) is 10.5 Å². The zero-order chi connectivity index (χ0) is 3.58. The van der Waals surface area contributed by atoms with Crippen LogP contribution in [0.5, 0.6) is 0 Å². The molecular formula is C2H5OS-. The Morgan fingerprint density at radius 1 is 2.00 bits per heavy atom. The highest BCUT2D eigenvalue weighted by molar-refractivity contribution is 7.85. The minimum absolute atomic E-state index is 0.861. The predicted molar refractivity (Wildman–Crippen MR) is 19.4 cm³/mol. The van der Waals surface area contributed by atoms with Gasteiger partial charge in [0.1, 0.15) is 0 Å². The normalized spacial score (nSPS) is 15.5. The Kier molecular flexibility index (Phi) is 1.52. The molecular weight excluding hydrogens is 72.1 g/mol. The molecule has 0 heterocycles. The van der Waals surface area contributed by atoms with Gasteiger partial charge in [-0.15, -0.1) is 10.8 Å². The molecule has 0 fully saturated rings. The molecule has 0 bridgehead atoms. The molecule has 0 rings (SSSR count). The van der Waals surface area contributed by atoms with Gasteiger partial charge in [0.2, 0.25) is 0 Å². The maximum absolute atomic E-state index is 9.44. The van der Waals surface area contributed by atoms with Crippen molar-refractivity contribution in [3.8, 4) is 0 Å². The lowest BCUT2D eigenvalue weighted by Gasteiger charge is -1.74. The Hall–Kier alpha value is 0.150. The van der Waals surface area contributed by atoms with E-state index in [1.54, 1.807) is 0 Å². The molecule has 2 heteroatoms. The van der Waals surface area contributed by atoms with E-state index in [-0.39, 0.29) is 0 Å². The summed E-state index contributed by atoms with van der Waals surface area (Å²) in [4.78, 5) is 0. The summed E-state index contributed by atoms with van der Waals surface area (Å²) >= 11 is 0. The molecule has 0 spiro atoms. The Morgan fingerprint density at radius 2 is 2.00 bits per heavy atom. The van der Waals surface area contributed by atoms with Crippen molar-refractivity contribution in [2.75, 3.05) is 6.26 Å². The minimum Gasteiger partial charge on any atom is -0.295 e. The van der Waals surface area contributed by atoms with Gasteiger partial charge in [0.05, 0.1) is 0 Å². The van der Waals surface area contributed by atoms with E-state index < -0.39 is 10.8 Å². The Labute approximate surface area is 28.5 Å². The first-order chi connectivity index (χ1) is 1.73. The maximum Gasteiger partial charge on any atom is -0.0188 e. The van der Waals surface area contributed by atoms with Crippen LogP contribution in [0.1, 0.15) is 0 Å². The van der Waals surface area contributed by atoms with Gasteiger partial charge in [0.15, 0.2) is 0 Å². The molecule has 0 aliphatic rings. The third kappa shape index (κ3) is 126. The van der Waals surface area contributed by atoms with Crippen molar-refractivity contribution < 1.29 is 4.21 Å². The fourth-order valence-corrected chi connectivity index (χ4v) is 0. The smallest absolute Gasteiger partial charge is 0.0188 e. The van der Waals surface area contributed by atoms with E-state index in [0.717, 1.165) is 0 Å². The lowest BCUT2D eigenvalue weighted by molar-refractivity contribution is 0.691. The van der Waals surface area contributed by atoms with Crippen molar-refractivity contribution in [3.63, 3.8) is 0 Å². The summed E-state index contributed by atoms with van der Waals surface area (Å²) in [6.07, 6.45) is 4.64. The van der Waals surface area contributed by atoms with Crippen LogP contribution >= 0.6 is 0 Å². The number of hydrogen-bond donors (Lipinski definition) is 0. The number of rotatable bonds is 0. The quantitative estimate of drug-likeness (QED) is 0.376. The van der Waals surface area contributed by atoms with E-state index in [1.807, 2.05) is 0 Å². The van der Waals surface area contributed by atoms with E-state index in [0.29, 0.717) is 0 Å². The first-order valence-corrected chi connectivity index (χ1v) is 2.59. The highest BCUT2D eigenvalue weighted by Gasteiger charge is 1.43. The van der Waals surface area contributed by atoms with Gasteiger partial charge in [-0.1, -0.05) is 0 Å². The first kappa shape index (κ1) is 4.15. The van der Waals surface area contributed by atoms with Gasteiger partial charge in [-0.2, -0.15) is 0 Å². The minimum atomic E-state index is -0.861. The van der Waals surface area contributed by atoms with Crippen LogP contribution in [0, 0.1) is 6.26 Å². The van der Waals surface area contributed by atoms with Gasteiger partial charge < -0.3 is 0 Å². The van der Waals surface area contributed by atoms with Crippen molar-refractivity contribution in [3.05, 3.63) is 6.26 Å². The maximum atomic E-state index is 9.44. The van der Waals surface area contributed by atoms with Crippen LogP contribution in [0.4, 0.5) is 0 Å².